The lowest BCUT2D eigenvalue weighted by molar-refractivity contribution is -0.131. The van der Waals surface area contributed by atoms with E-state index in [0.717, 1.165) is 33.2 Å². The maximum atomic E-state index is 12.5. The molecule has 0 spiro atoms. The molecule has 1 aromatic heterocycles. The smallest absolute Gasteiger partial charge is 0.227 e. The topological polar surface area (TPSA) is 36.1 Å². The third-order valence-corrected chi connectivity index (χ3v) is 6.09. The van der Waals surface area contributed by atoms with Crippen LogP contribution in [0.5, 0.6) is 0 Å². The highest BCUT2D eigenvalue weighted by atomic mass is 79.9. The van der Waals surface area contributed by atoms with Gasteiger partial charge in [-0.3, -0.25) is 4.79 Å². The highest BCUT2D eigenvalue weighted by Gasteiger charge is 2.25. The fourth-order valence-corrected chi connectivity index (χ4v) is 3.70. The standard InChI is InChI=1S/C15H13Br2ClN2O/c16-14-10-8-20(6-5-12(10)19-15(14)17)13(21)7-9-3-1-2-4-11(9)18/h1-4,19H,5-8H2. The number of rotatable bonds is 2. The van der Waals surface area contributed by atoms with Crippen LogP contribution in [0.4, 0.5) is 0 Å². The minimum absolute atomic E-state index is 0.109. The minimum atomic E-state index is 0.109. The summed E-state index contributed by atoms with van der Waals surface area (Å²) in [6.07, 6.45) is 1.19. The molecule has 0 bridgehead atoms. The van der Waals surface area contributed by atoms with Gasteiger partial charge in [-0.25, -0.2) is 0 Å². The van der Waals surface area contributed by atoms with Crippen LogP contribution in [-0.4, -0.2) is 22.3 Å². The molecule has 0 saturated heterocycles. The first kappa shape index (κ1) is 15.1. The molecule has 0 atom stereocenters. The Kier molecular flexibility index (Phi) is 4.43. The third-order valence-electron chi connectivity index (χ3n) is 3.72. The van der Waals surface area contributed by atoms with E-state index in [0.29, 0.717) is 18.0 Å². The van der Waals surface area contributed by atoms with Crippen molar-refractivity contribution in [3.8, 4) is 0 Å². The Bertz CT molecular complexity index is 699. The van der Waals surface area contributed by atoms with Gasteiger partial charge in [-0.15, -0.1) is 0 Å². The molecule has 2 heterocycles. The van der Waals surface area contributed by atoms with Gasteiger partial charge in [-0.1, -0.05) is 29.8 Å². The van der Waals surface area contributed by atoms with Crippen molar-refractivity contribution >= 4 is 49.4 Å². The lowest BCUT2D eigenvalue weighted by atomic mass is 10.1. The summed E-state index contributed by atoms with van der Waals surface area (Å²) in [6.45, 7) is 1.36. The van der Waals surface area contributed by atoms with Crippen molar-refractivity contribution in [2.45, 2.75) is 19.4 Å². The fourth-order valence-electron chi connectivity index (χ4n) is 2.55. The van der Waals surface area contributed by atoms with E-state index < -0.39 is 0 Å². The predicted molar refractivity (Wildman–Crippen MR) is 90.5 cm³/mol. The Morgan fingerprint density at radius 1 is 1.33 bits per heavy atom. The monoisotopic (exact) mass is 430 g/mol. The second-order valence-electron chi connectivity index (χ2n) is 5.04. The molecular weight excluding hydrogens is 419 g/mol. The molecule has 110 valence electrons. The Morgan fingerprint density at radius 2 is 2.10 bits per heavy atom. The maximum Gasteiger partial charge on any atom is 0.227 e. The second kappa shape index (κ2) is 6.15. The van der Waals surface area contributed by atoms with Crippen molar-refractivity contribution in [3.63, 3.8) is 0 Å². The minimum Gasteiger partial charge on any atom is -0.352 e. The van der Waals surface area contributed by atoms with Crippen molar-refractivity contribution in [2.75, 3.05) is 6.54 Å². The number of aromatic nitrogens is 1. The Labute approximate surface area is 144 Å². The van der Waals surface area contributed by atoms with Crippen molar-refractivity contribution in [3.05, 3.63) is 55.2 Å². The average Bonchev–Trinajstić information content (AvgIpc) is 2.76. The van der Waals surface area contributed by atoms with Crippen LogP contribution in [0, 0.1) is 0 Å². The number of fused-ring (bicyclic) bond motifs is 1. The van der Waals surface area contributed by atoms with Gasteiger partial charge in [0.15, 0.2) is 0 Å². The summed E-state index contributed by atoms with van der Waals surface area (Å²) in [5, 5.41) is 0.647. The summed E-state index contributed by atoms with van der Waals surface area (Å²) < 4.78 is 1.95. The molecule has 0 saturated carbocycles. The largest absolute Gasteiger partial charge is 0.352 e. The van der Waals surface area contributed by atoms with Gasteiger partial charge in [-0.05, 0) is 43.5 Å². The van der Waals surface area contributed by atoms with Gasteiger partial charge in [0.2, 0.25) is 5.91 Å². The van der Waals surface area contributed by atoms with E-state index in [-0.39, 0.29) is 5.91 Å². The number of amides is 1. The number of carbonyl (C=O) groups is 1. The molecule has 1 amide bonds. The molecule has 6 heteroatoms. The van der Waals surface area contributed by atoms with E-state index in [4.69, 9.17) is 11.6 Å². The van der Waals surface area contributed by atoms with Crippen LogP contribution in [0.1, 0.15) is 16.8 Å². The van der Waals surface area contributed by atoms with Crippen molar-refractivity contribution in [1.82, 2.24) is 9.88 Å². The van der Waals surface area contributed by atoms with Crippen molar-refractivity contribution in [1.29, 1.82) is 0 Å². The van der Waals surface area contributed by atoms with Gasteiger partial charge < -0.3 is 9.88 Å². The number of hydrogen-bond acceptors (Lipinski definition) is 1. The van der Waals surface area contributed by atoms with Gasteiger partial charge in [0.05, 0.1) is 15.5 Å². The van der Waals surface area contributed by atoms with Gasteiger partial charge in [0.25, 0.3) is 0 Å². The molecule has 0 unspecified atom stereocenters. The zero-order valence-electron chi connectivity index (χ0n) is 11.1. The first-order valence-corrected chi connectivity index (χ1v) is 8.58. The number of halogens is 3. The lowest BCUT2D eigenvalue weighted by Crippen LogP contribution is -2.36. The van der Waals surface area contributed by atoms with E-state index in [1.54, 1.807) is 0 Å². The van der Waals surface area contributed by atoms with Crippen molar-refractivity contribution in [2.24, 2.45) is 0 Å². The van der Waals surface area contributed by atoms with Crippen LogP contribution >= 0.6 is 43.5 Å². The molecule has 3 rings (SSSR count). The molecular formula is C15H13Br2ClN2O. The summed E-state index contributed by atoms with van der Waals surface area (Å²) >= 11 is 13.2. The predicted octanol–water partition coefficient (Wildman–Crippen LogP) is 4.32. The van der Waals surface area contributed by atoms with Gasteiger partial charge in [0, 0.05) is 35.8 Å². The Morgan fingerprint density at radius 3 is 2.86 bits per heavy atom. The number of carbonyl (C=O) groups excluding carboxylic acids is 1. The molecule has 21 heavy (non-hydrogen) atoms. The van der Waals surface area contributed by atoms with Crippen LogP contribution < -0.4 is 0 Å². The highest BCUT2D eigenvalue weighted by molar-refractivity contribution is 9.13. The van der Waals surface area contributed by atoms with E-state index >= 15 is 0 Å². The normalized spacial score (nSPS) is 14.1. The van der Waals surface area contributed by atoms with E-state index in [9.17, 15) is 4.79 Å². The van der Waals surface area contributed by atoms with Crippen LogP contribution in [0.15, 0.2) is 33.3 Å². The van der Waals surface area contributed by atoms with Gasteiger partial charge >= 0.3 is 0 Å². The summed E-state index contributed by atoms with van der Waals surface area (Å²) in [5.41, 5.74) is 3.22. The highest BCUT2D eigenvalue weighted by Crippen LogP contribution is 2.33. The first-order valence-electron chi connectivity index (χ1n) is 6.62. The van der Waals surface area contributed by atoms with Crippen LogP contribution in [0.3, 0.4) is 0 Å². The second-order valence-corrected chi connectivity index (χ2v) is 7.04. The summed E-state index contributed by atoms with van der Waals surface area (Å²) in [6, 6.07) is 7.50. The zero-order valence-corrected chi connectivity index (χ0v) is 15.1. The van der Waals surface area contributed by atoms with E-state index in [2.05, 4.69) is 36.8 Å². The maximum absolute atomic E-state index is 12.5. The number of H-pyrrole nitrogens is 1. The molecule has 3 nitrogen and oxygen atoms in total. The average molecular weight is 433 g/mol. The molecule has 0 aliphatic carbocycles. The number of hydrogen-bond donors (Lipinski definition) is 1. The summed E-state index contributed by atoms with van der Waals surface area (Å²) in [7, 11) is 0. The van der Waals surface area contributed by atoms with E-state index in [1.165, 1.54) is 5.69 Å². The lowest BCUT2D eigenvalue weighted by Gasteiger charge is -2.27. The third kappa shape index (κ3) is 3.05. The van der Waals surface area contributed by atoms with E-state index in [1.807, 2.05) is 29.2 Å². The summed E-state index contributed by atoms with van der Waals surface area (Å²) in [4.78, 5) is 17.7. The first-order chi connectivity index (χ1) is 10.1. The summed E-state index contributed by atoms with van der Waals surface area (Å²) in [5.74, 6) is 0.109. The molecule has 2 aromatic rings. The molecule has 0 fully saturated rings. The number of benzene rings is 1. The molecule has 1 aliphatic heterocycles. The Balaban J connectivity index is 1.75. The SMILES string of the molecule is O=C(Cc1ccccc1Cl)N1CCc2[nH]c(Br)c(Br)c2C1. The van der Waals surface area contributed by atoms with Gasteiger partial charge in [0.1, 0.15) is 0 Å². The van der Waals surface area contributed by atoms with Crippen molar-refractivity contribution < 1.29 is 4.79 Å². The van der Waals surface area contributed by atoms with Gasteiger partial charge in [-0.2, -0.15) is 0 Å². The number of aromatic amines is 1. The fraction of sp³-hybridized carbons (Fsp3) is 0.267. The Hall–Kier alpha value is -0.780. The number of nitrogens with zero attached hydrogens (tertiary/aromatic N) is 1. The molecule has 1 aliphatic rings. The quantitative estimate of drug-likeness (QED) is 0.754. The molecule has 0 radical (unpaired) electrons. The molecule has 1 N–H and O–H groups in total. The van der Waals surface area contributed by atoms with Crippen LogP contribution in [0.2, 0.25) is 5.02 Å². The molecule has 1 aromatic carbocycles. The zero-order chi connectivity index (χ0) is 15.0. The van der Waals surface area contributed by atoms with Crippen LogP contribution in [0.25, 0.3) is 0 Å². The number of nitrogens with one attached hydrogen (secondary N) is 1. The van der Waals surface area contributed by atoms with Crippen LogP contribution in [-0.2, 0) is 24.2 Å².